The van der Waals surface area contributed by atoms with Crippen molar-refractivity contribution in [2.45, 2.75) is 51.7 Å². The summed E-state index contributed by atoms with van der Waals surface area (Å²) in [4.78, 5) is 63.1. The highest BCUT2D eigenvalue weighted by Gasteiger charge is 2.30. The van der Waals surface area contributed by atoms with Gasteiger partial charge in [-0.3, -0.25) is 9.78 Å². The quantitative estimate of drug-likeness (QED) is 0.215. The molecule has 0 N–H and O–H groups in total. The molecular formula is C16H22O10. The number of esters is 2. The first-order chi connectivity index (χ1) is 12.1. The van der Waals surface area contributed by atoms with E-state index in [-0.39, 0.29) is 12.8 Å². The van der Waals surface area contributed by atoms with Crippen molar-refractivity contribution in [3.8, 4) is 11.8 Å². The van der Waals surface area contributed by atoms with Crippen LogP contribution in [0.2, 0.25) is 0 Å². The Morgan fingerprint density at radius 3 is 1.23 bits per heavy atom. The molecular weight excluding hydrogens is 352 g/mol. The van der Waals surface area contributed by atoms with Crippen LogP contribution in [0, 0.1) is 11.8 Å². The van der Waals surface area contributed by atoms with Crippen LogP contribution in [0.5, 0.6) is 0 Å². The molecule has 0 aromatic carbocycles. The number of ether oxygens (including phenoxy) is 2. The van der Waals surface area contributed by atoms with E-state index in [4.69, 9.17) is 9.78 Å². The van der Waals surface area contributed by atoms with Crippen LogP contribution in [0.4, 0.5) is 0 Å². The lowest BCUT2D eigenvalue weighted by atomic mass is 9.99. The summed E-state index contributed by atoms with van der Waals surface area (Å²) < 4.78 is 8.38. The number of hydrogen-bond donors (Lipinski definition) is 0. The average molecular weight is 374 g/mol. The van der Waals surface area contributed by atoms with Gasteiger partial charge in [-0.1, -0.05) is 25.7 Å². The molecule has 0 amide bonds. The molecule has 0 spiro atoms. The van der Waals surface area contributed by atoms with E-state index < -0.39 is 35.1 Å². The van der Waals surface area contributed by atoms with Gasteiger partial charge in [0.1, 0.15) is 0 Å². The highest BCUT2D eigenvalue weighted by Crippen LogP contribution is 2.19. The summed E-state index contributed by atoms with van der Waals surface area (Å²) in [5.74, 6) is 0.232. The van der Waals surface area contributed by atoms with Gasteiger partial charge < -0.3 is 9.47 Å². The fourth-order valence-corrected chi connectivity index (χ4v) is 1.10. The van der Waals surface area contributed by atoms with E-state index in [2.05, 4.69) is 31.1 Å². The maximum atomic E-state index is 11.3. The second-order valence-corrected chi connectivity index (χ2v) is 5.31. The van der Waals surface area contributed by atoms with Crippen LogP contribution in [0.15, 0.2) is 0 Å². The first kappa shape index (κ1) is 23.4. The monoisotopic (exact) mass is 374 g/mol. The first-order valence-electron chi connectivity index (χ1n) is 7.56. The molecule has 0 bridgehead atoms. The molecule has 26 heavy (non-hydrogen) atoms. The zero-order valence-electron chi connectivity index (χ0n) is 15.5. The Bertz CT molecular complexity index is 552. The number of carbonyl (C=O) groups is 4. The van der Waals surface area contributed by atoms with Gasteiger partial charge in [-0.05, 0) is 26.7 Å². The number of hydrogen-bond acceptors (Lipinski definition) is 10. The molecule has 10 heteroatoms. The largest absolute Gasteiger partial charge is 0.461 e. The van der Waals surface area contributed by atoms with E-state index in [1.807, 2.05) is 0 Å². The maximum absolute atomic E-state index is 11.3. The molecule has 2 unspecified atom stereocenters. The number of rotatable bonds is 6. The molecule has 10 nitrogen and oxygen atoms in total. The zero-order valence-corrected chi connectivity index (χ0v) is 15.5. The lowest BCUT2D eigenvalue weighted by Crippen LogP contribution is -2.33. The molecule has 0 aromatic rings. The van der Waals surface area contributed by atoms with Crippen LogP contribution in [0.1, 0.15) is 40.5 Å². The van der Waals surface area contributed by atoms with Gasteiger partial charge in [-0.15, -0.1) is 0 Å². The lowest BCUT2D eigenvalue weighted by Gasteiger charge is -2.22. The van der Waals surface area contributed by atoms with E-state index in [1.54, 1.807) is 13.8 Å². The topological polar surface area (TPSA) is 124 Å². The van der Waals surface area contributed by atoms with Gasteiger partial charge in [0.05, 0.1) is 14.2 Å². The van der Waals surface area contributed by atoms with E-state index in [9.17, 15) is 19.2 Å². The van der Waals surface area contributed by atoms with Crippen molar-refractivity contribution in [1.82, 2.24) is 0 Å². The van der Waals surface area contributed by atoms with Gasteiger partial charge in [-0.25, -0.2) is 19.2 Å². The second kappa shape index (κ2) is 10.4. The zero-order chi connectivity index (χ0) is 20.4. The number of carbonyl (C=O) groups excluding carboxylic acids is 4. The highest BCUT2D eigenvalue weighted by atomic mass is 17.2. The molecule has 0 saturated carbocycles. The van der Waals surface area contributed by atoms with Gasteiger partial charge in [0.25, 0.3) is 0 Å². The summed E-state index contributed by atoms with van der Waals surface area (Å²) in [6.45, 7) is 6.40. The van der Waals surface area contributed by atoms with Gasteiger partial charge >= 0.3 is 23.9 Å². The fourth-order valence-electron chi connectivity index (χ4n) is 1.10. The Morgan fingerprint density at radius 2 is 1.00 bits per heavy atom. The van der Waals surface area contributed by atoms with Crippen molar-refractivity contribution in [3.05, 3.63) is 0 Å². The third-order valence-electron chi connectivity index (χ3n) is 3.25. The van der Waals surface area contributed by atoms with Crippen LogP contribution in [-0.2, 0) is 48.2 Å². The van der Waals surface area contributed by atoms with Gasteiger partial charge in [0, 0.05) is 0 Å². The SMILES string of the molecule is CCC(C)(C#CC(C)(CC)OOC(=O)C(=O)OC)OOC(=O)C(=O)OC. The predicted octanol–water partition coefficient (Wildman–Crippen LogP) is 0.623. The van der Waals surface area contributed by atoms with Crippen LogP contribution < -0.4 is 0 Å². The third kappa shape index (κ3) is 7.50. The Kier molecular flexibility index (Phi) is 9.32. The average Bonchev–Trinajstić information content (AvgIpc) is 2.67. The predicted molar refractivity (Wildman–Crippen MR) is 83.6 cm³/mol. The van der Waals surface area contributed by atoms with Crippen LogP contribution in [-0.4, -0.2) is 49.3 Å². The number of methoxy groups -OCH3 is 2. The Labute approximate surface area is 150 Å². The van der Waals surface area contributed by atoms with Crippen LogP contribution >= 0.6 is 0 Å². The molecule has 0 aromatic heterocycles. The van der Waals surface area contributed by atoms with Crippen LogP contribution in [0.3, 0.4) is 0 Å². The first-order valence-corrected chi connectivity index (χ1v) is 7.56. The van der Waals surface area contributed by atoms with E-state index in [0.29, 0.717) is 0 Å². The normalized spacial score (nSPS) is 14.5. The second-order valence-electron chi connectivity index (χ2n) is 5.31. The summed E-state index contributed by atoms with van der Waals surface area (Å²) in [7, 11) is 2.03. The Morgan fingerprint density at radius 1 is 0.692 bits per heavy atom. The minimum Gasteiger partial charge on any atom is -0.461 e. The maximum Gasteiger partial charge on any atom is 0.449 e. The molecule has 0 saturated heterocycles. The summed E-state index contributed by atoms with van der Waals surface area (Å²) in [5.41, 5.74) is -2.56. The van der Waals surface area contributed by atoms with E-state index in [0.717, 1.165) is 14.2 Å². The third-order valence-corrected chi connectivity index (χ3v) is 3.25. The van der Waals surface area contributed by atoms with E-state index >= 15 is 0 Å². The molecule has 146 valence electrons. The van der Waals surface area contributed by atoms with Gasteiger partial charge in [0.15, 0.2) is 11.2 Å². The smallest absolute Gasteiger partial charge is 0.449 e. The van der Waals surface area contributed by atoms with Crippen molar-refractivity contribution in [2.24, 2.45) is 0 Å². The van der Waals surface area contributed by atoms with Crippen molar-refractivity contribution < 1.29 is 48.2 Å². The standard InChI is InChI=1S/C16H22O10/c1-7-15(3,25-23-13(19)11(17)21-5)9-10-16(4,8-2)26-24-14(20)12(18)22-6/h7-8H2,1-6H3. The van der Waals surface area contributed by atoms with Crippen molar-refractivity contribution in [1.29, 1.82) is 0 Å². The molecule has 2 atom stereocenters. The molecule has 0 fully saturated rings. The Hall–Kier alpha value is -2.64. The summed E-state index contributed by atoms with van der Waals surface area (Å²) in [6, 6.07) is 0. The minimum absolute atomic E-state index is 0.274. The summed E-state index contributed by atoms with van der Waals surface area (Å²) >= 11 is 0. The van der Waals surface area contributed by atoms with Gasteiger partial charge in [0.2, 0.25) is 0 Å². The van der Waals surface area contributed by atoms with Crippen molar-refractivity contribution in [2.75, 3.05) is 14.2 Å². The Balaban J connectivity index is 5.07. The van der Waals surface area contributed by atoms with Gasteiger partial charge in [-0.2, -0.15) is 9.78 Å². The summed E-state index contributed by atoms with van der Waals surface area (Å²) in [5, 5.41) is 0. The molecule has 0 heterocycles. The summed E-state index contributed by atoms with van der Waals surface area (Å²) in [6.07, 6.45) is 0.548. The highest BCUT2D eigenvalue weighted by molar-refractivity contribution is 6.29. The molecule has 0 rings (SSSR count). The van der Waals surface area contributed by atoms with Crippen molar-refractivity contribution >= 4 is 23.9 Å². The fraction of sp³-hybridized carbons (Fsp3) is 0.625. The molecule has 0 aliphatic carbocycles. The molecule has 0 aliphatic heterocycles. The molecule has 0 radical (unpaired) electrons. The lowest BCUT2D eigenvalue weighted by molar-refractivity contribution is -0.316. The van der Waals surface area contributed by atoms with Crippen LogP contribution in [0.25, 0.3) is 0 Å². The van der Waals surface area contributed by atoms with Crippen molar-refractivity contribution in [3.63, 3.8) is 0 Å². The molecule has 0 aliphatic rings. The van der Waals surface area contributed by atoms with E-state index in [1.165, 1.54) is 13.8 Å². The minimum atomic E-state index is -1.34.